The average Bonchev–Trinajstić information content (AvgIpc) is 1.60. The number of nitrogens with one attached hydrogen (secondary N) is 4. The highest BCUT2D eigenvalue weighted by atomic mass is 31.2. The number of carbonyl (C=O) groups is 5. The summed E-state index contributed by atoms with van der Waals surface area (Å²) < 4.78 is 67.5. The van der Waals surface area contributed by atoms with Crippen LogP contribution in [0.4, 0.5) is 17.1 Å². The Morgan fingerprint density at radius 3 is 1.84 bits per heavy atom. The number of aromatic nitrogens is 2. The van der Waals surface area contributed by atoms with Crippen LogP contribution in [0.25, 0.3) is 11.0 Å². The van der Waals surface area contributed by atoms with Gasteiger partial charge in [0, 0.05) is 106 Å². The second kappa shape index (κ2) is 33.0. The van der Waals surface area contributed by atoms with Crippen LogP contribution in [0.1, 0.15) is 128 Å². The molecule has 3 atom stereocenters. The molecule has 91 heavy (non-hydrogen) atoms. The summed E-state index contributed by atoms with van der Waals surface area (Å²) in [5.74, 6) is -0.954. The first-order valence-corrected chi connectivity index (χ1v) is 34.0. The molecule has 7 rings (SSSR count). The highest BCUT2D eigenvalue weighted by molar-refractivity contribution is 7.62. The van der Waals surface area contributed by atoms with Gasteiger partial charge in [-0.3, -0.25) is 32.6 Å². The van der Waals surface area contributed by atoms with Crippen LogP contribution in [0.5, 0.6) is 5.75 Å². The van der Waals surface area contributed by atoms with E-state index in [-0.39, 0.29) is 17.7 Å². The molecule has 0 fully saturated rings. The molecule has 24 heteroatoms. The van der Waals surface area contributed by atoms with Gasteiger partial charge in [-0.1, -0.05) is 68.2 Å². The number of hydrogen-bond donors (Lipinski definition) is 5. The number of nitrogen functional groups attached to an aromatic ring is 1. The van der Waals surface area contributed by atoms with Gasteiger partial charge in [0.15, 0.2) is 18.9 Å². The average molecular weight is 1290 g/mol. The number of likely N-dealkylation sites (N-methyl/N-ethyl adjacent to an activating group) is 1. The van der Waals surface area contributed by atoms with Gasteiger partial charge in [0.1, 0.15) is 24.4 Å². The van der Waals surface area contributed by atoms with Crippen molar-refractivity contribution in [2.24, 2.45) is 0 Å². The van der Waals surface area contributed by atoms with Gasteiger partial charge in [0.25, 0.3) is 0 Å². The van der Waals surface area contributed by atoms with Crippen LogP contribution in [-0.4, -0.2) is 118 Å². The molecule has 0 saturated carbocycles. The number of H-pyrrole nitrogens is 1. The SMILES string of the molecule is CCN1C(=CC=CC=CC2=[N+](CC)c3ccc(P(=O)(OC)OCC(=O)OC)cc3C2(C)C)C(C)(CCCCCC(=O)NCCNC(=O)CCCCCCC(=O)NCc2ccc(COc3cc(N)cc4[nH]cnc34)cc2)c2cc(P(=O)(OC)OCC(=O)OC)ccc21. The summed E-state index contributed by atoms with van der Waals surface area (Å²) in [5, 5.41) is 9.44. The quantitative estimate of drug-likeness (QED) is 0.00622. The number of fused-ring (bicyclic) bond motifs is 3. The number of methoxy groups -OCH3 is 2. The molecule has 0 aliphatic carbocycles. The number of esters is 2. The number of benzene rings is 4. The first-order valence-electron chi connectivity index (χ1n) is 30.9. The summed E-state index contributed by atoms with van der Waals surface area (Å²) in [5.41, 5.74) is 14.7. The number of hydrogen-bond acceptors (Lipinski definition) is 17. The maximum Gasteiger partial charge on any atom is 0.361 e. The Morgan fingerprint density at radius 1 is 0.681 bits per heavy atom. The second-order valence-corrected chi connectivity index (χ2v) is 27.2. The van der Waals surface area contributed by atoms with Crippen molar-refractivity contribution < 1.29 is 70.0 Å². The molecule has 0 bridgehead atoms. The van der Waals surface area contributed by atoms with E-state index in [0.717, 1.165) is 88.2 Å². The fraction of sp³-hybridized carbons (Fsp3) is 0.448. The first-order chi connectivity index (χ1) is 43.7. The minimum absolute atomic E-state index is 0.0206. The third-order valence-corrected chi connectivity index (χ3v) is 20.3. The third kappa shape index (κ3) is 18.1. The molecule has 6 N–H and O–H groups in total. The molecule has 5 aromatic rings. The molecule has 0 saturated heterocycles. The van der Waals surface area contributed by atoms with E-state index in [4.69, 9.17) is 33.3 Å². The fourth-order valence-electron chi connectivity index (χ4n) is 11.5. The summed E-state index contributed by atoms with van der Waals surface area (Å²) in [6.45, 7) is 12.1. The molecule has 490 valence electrons. The van der Waals surface area contributed by atoms with Crippen LogP contribution < -0.4 is 41.9 Å². The van der Waals surface area contributed by atoms with Crippen molar-refractivity contribution >= 4 is 89.3 Å². The minimum Gasteiger partial charge on any atom is -0.486 e. The van der Waals surface area contributed by atoms with Crippen molar-refractivity contribution in [1.82, 2.24) is 25.9 Å². The van der Waals surface area contributed by atoms with Gasteiger partial charge < -0.3 is 54.8 Å². The van der Waals surface area contributed by atoms with E-state index in [0.29, 0.717) is 99.9 Å². The molecule has 2 aliphatic heterocycles. The van der Waals surface area contributed by atoms with Gasteiger partial charge >= 0.3 is 27.1 Å². The van der Waals surface area contributed by atoms with Gasteiger partial charge in [0.05, 0.1) is 42.1 Å². The summed E-state index contributed by atoms with van der Waals surface area (Å²) in [7, 11) is -2.78. The van der Waals surface area contributed by atoms with E-state index in [1.807, 2.05) is 72.8 Å². The van der Waals surface area contributed by atoms with Crippen LogP contribution in [0.2, 0.25) is 0 Å². The van der Waals surface area contributed by atoms with E-state index in [9.17, 15) is 33.1 Å². The molecular formula is C67H89N8O14P2+. The number of unbranched alkanes of at least 4 members (excludes halogenated alkanes) is 5. The Bertz CT molecular complexity index is 3620. The van der Waals surface area contributed by atoms with Crippen molar-refractivity contribution in [2.45, 2.75) is 129 Å². The monoisotopic (exact) mass is 1290 g/mol. The first kappa shape index (κ1) is 70.7. The molecule has 0 spiro atoms. The van der Waals surface area contributed by atoms with Gasteiger partial charge in [-0.05, 0) is 119 Å². The zero-order valence-corrected chi connectivity index (χ0v) is 55.6. The number of allylic oxidation sites excluding steroid dienone is 6. The topological polar surface area (TPSA) is 281 Å². The van der Waals surface area contributed by atoms with Crippen LogP contribution in [0, 0.1) is 0 Å². The number of nitrogens with two attached hydrogens (primary N) is 1. The number of anilines is 2. The Labute approximate surface area is 533 Å². The summed E-state index contributed by atoms with van der Waals surface area (Å²) >= 11 is 0. The molecule has 2 aliphatic rings. The molecule has 4 aromatic carbocycles. The fourth-order valence-corrected chi connectivity index (χ4v) is 14.1. The largest absolute Gasteiger partial charge is 0.486 e. The Hall–Kier alpha value is -7.71. The summed E-state index contributed by atoms with van der Waals surface area (Å²) in [6, 6.07) is 22.3. The zero-order chi connectivity index (χ0) is 65.8. The van der Waals surface area contributed by atoms with E-state index in [2.05, 4.69) is 86.9 Å². The standard InChI is InChI=1S/C67H88N8O14P2/c1-10-74-55-33-31-50(90(81,85-8)88-44-63(79)83-6)40-52(55)66(3,4)58(74)22-16-14-17-23-59-67(5,53-41-51(32-34-56(53)75(59)11-2)91(82,86-9)89-45-64(80)84-7)35-21-15-20-25-61(77)70-37-36-69-60(76)24-18-12-13-19-26-62(78)71-42-47-27-29-48(30-28-47)43-87-57-39-49(68)38-54-65(57)73-46-72-54/h14,16-17,22-23,27-34,38-41,46H,10-13,15,18-21,24-26,35-37,42-45,68H2,1-9H3,(H3-,69,70,71,72,73,76,77,78)/p+1. The number of nitrogens with zero attached hydrogens (tertiary/aromatic N) is 3. The van der Waals surface area contributed by atoms with Gasteiger partial charge in [0.2, 0.25) is 23.4 Å². The van der Waals surface area contributed by atoms with Crippen molar-refractivity contribution in [3.05, 3.63) is 137 Å². The Balaban J connectivity index is 0.860. The molecular weight excluding hydrogens is 1200 g/mol. The lowest BCUT2D eigenvalue weighted by Gasteiger charge is -2.30. The highest BCUT2D eigenvalue weighted by Crippen LogP contribution is 2.54. The van der Waals surface area contributed by atoms with E-state index in [1.165, 1.54) is 28.4 Å². The highest BCUT2D eigenvalue weighted by Gasteiger charge is 2.46. The minimum atomic E-state index is -3.95. The van der Waals surface area contributed by atoms with Gasteiger partial charge in [-0.15, -0.1) is 0 Å². The smallest absolute Gasteiger partial charge is 0.361 e. The van der Waals surface area contributed by atoms with Crippen molar-refractivity contribution in [2.75, 3.05) is 78.5 Å². The van der Waals surface area contributed by atoms with Crippen molar-refractivity contribution in [1.29, 1.82) is 0 Å². The van der Waals surface area contributed by atoms with E-state index in [1.54, 1.807) is 24.5 Å². The lowest BCUT2D eigenvalue weighted by atomic mass is 9.77. The predicted octanol–water partition coefficient (Wildman–Crippen LogP) is 10.1. The van der Waals surface area contributed by atoms with Crippen molar-refractivity contribution in [3.8, 4) is 5.75 Å². The van der Waals surface area contributed by atoms with Crippen molar-refractivity contribution in [3.63, 3.8) is 0 Å². The number of ether oxygens (including phenoxy) is 3. The zero-order valence-electron chi connectivity index (χ0n) is 53.9. The lowest BCUT2D eigenvalue weighted by molar-refractivity contribution is -0.433. The molecule has 22 nitrogen and oxygen atoms in total. The summed E-state index contributed by atoms with van der Waals surface area (Å²) in [6.07, 6.45) is 18.7. The second-order valence-electron chi connectivity index (χ2n) is 23.0. The van der Waals surface area contributed by atoms with Crippen LogP contribution in [0.3, 0.4) is 0 Å². The number of amides is 3. The maximum absolute atomic E-state index is 14.2. The Kier molecular flexibility index (Phi) is 25.7. The maximum atomic E-state index is 14.2. The molecule has 3 heterocycles. The third-order valence-electron chi connectivity index (χ3n) is 16.6. The number of imidazole rings is 1. The Morgan fingerprint density at radius 2 is 1.25 bits per heavy atom. The van der Waals surface area contributed by atoms with Crippen LogP contribution in [-0.2, 0) is 84.7 Å². The van der Waals surface area contributed by atoms with E-state index >= 15 is 0 Å². The molecule has 3 amide bonds. The molecule has 0 radical (unpaired) electrons. The van der Waals surface area contributed by atoms with E-state index < -0.39 is 51.2 Å². The van der Waals surface area contributed by atoms with Crippen LogP contribution >= 0.6 is 15.2 Å². The number of rotatable bonds is 36. The predicted molar refractivity (Wildman–Crippen MR) is 352 cm³/mol. The number of aromatic amines is 1. The van der Waals surface area contributed by atoms with Gasteiger partial charge in [-0.25, -0.2) is 14.6 Å². The molecule has 1 aromatic heterocycles. The lowest BCUT2D eigenvalue weighted by Crippen LogP contribution is -2.34. The normalized spacial score (nSPS) is 16.8. The molecule has 3 unspecified atom stereocenters. The summed E-state index contributed by atoms with van der Waals surface area (Å²) in [4.78, 5) is 71.7. The van der Waals surface area contributed by atoms with Gasteiger partial charge in [-0.2, -0.15) is 4.58 Å². The number of carbonyl (C=O) groups excluding carboxylic acids is 5. The van der Waals surface area contributed by atoms with Crippen LogP contribution in [0.15, 0.2) is 115 Å².